The average Bonchev–Trinajstić information content (AvgIpc) is 3.55. The van der Waals surface area contributed by atoms with Crippen molar-refractivity contribution < 1.29 is 9.53 Å². The van der Waals surface area contributed by atoms with Crippen LogP contribution in [0.4, 0.5) is 5.82 Å². The van der Waals surface area contributed by atoms with E-state index in [9.17, 15) is 9.59 Å². The van der Waals surface area contributed by atoms with Gasteiger partial charge in [-0.15, -0.1) is 15.3 Å². The molecule has 0 saturated heterocycles. The molecule has 0 radical (unpaired) electrons. The van der Waals surface area contributed by atoms with Crippen molar-refractivity contribution in [3.8, 4) is 10.9 Å². The summed E-state index contributed by atoms with van der Waals surface area (Å²) in [4.78, 5) is 27.1. The van der Waals surface area contributed by atoms with Crippen LogP contribution in [0.5, 0.6) is 5.75 Å². The van der Waals surface area contributed by atoms with Gasteiger partial charge < -0.3 is 10.1 Å². The number of carbonyl (C=O) groups is 1. The second-order valence-electron chi connectivity index (χ2n) is 9.51. The van der Waals surface area contributed by atoms with Crippen LogP contribution in [-0.4, -0.2) is 56.0 Å². The van der Waals surface area contributed by atoms with E-state index in [1.54, 1.807) is 10.0 Å². The molecule has 1 amide bonds. The molecule has 0 unspecified atom stereocenters. The standard InChI is InChI=1S/C28H29N7O3S2/c1-34(2)18-38-21-10-7-8-19(16-21)17-25(36)29-24-15-14-20(30-31-24)9-3-6-13-26-32-33-28(39-26)35-27(37)22-11-4-5-12-23(22)40-35/h4-5,7-8,10-12,14-16H,3,6,9,13,17-18H2,1-2H3,(H,29,31,36). The van der Waals surface area contributed by atoms with Gasteiger partial charge in [-0.1, -0.05) is 35.6 Å². The second kappa shape index (κ2) is 12.9. The van der Waals surface area contributed by atoms with Gasteiger partial charge in [-0.05, 0) is 86.9 Å². The first-order valence-electron chi connectivity index (χ1n) is 12.9. The molecular formula is C28H29N7O3S2. The molecule has 206 valence electrons. The number of benzene rings is 2. The van der Waals surface area contributed by atoms with Gasteiger partial charge in [0.15, 0.2) is 5.82 Å². The summed E-state index contributed by atoms with van der Waals surface area (Å²) in [5, 5.41) is 21.9. The van der Waals surface area contributed by atoms with Crippen molar-refractivity contribution in [2.45, 2.75) is 32.1 Å². The number of nitrogens with zero attached hydrogens (tertiary/aromatic N) is 6. The number of ether oxygens (including phenoxy) is 1. The lowest BCUT2D eigenvalue weighted by Crippen LogP contribution is -2.18. The third-order valence-electron chi connectivity index (χ3n) is 5.93. The van der Waals surface area contributed by atoms with E-state index in [0.29, 0.717) is 23.1 Å². The smallest absolute Gasteiger partial charge is 0.275 e. The molecule has 2 aromatic carbocycles. The van der Waals surface area contributed by atoms with Gasteiger partial charge in [-0.2, -0.15) is 5.10 Å². The van der Waals surface area contributed by atoms with Crippen molar-refractivity contribution in [1.29, 1.82) is 0 Å². The molecule has 0 fully saturated rings. The normalized spacial score (nSPS) is 11.3. The summed E-state index contributed by atoms with van der Waals surface area (Å²) < 4.78 is 8.22. The monoisotopic (exact) mass is 575 g/mol. The Morgan fingerprint density at radius 3 is 2.62 bits per heavy atom. The highest BCUT2D eigenvalue weighted by Gasteiger charge is 2.13. The minimum atomic E-state index is -0.166. The third-order valence-corrected chi connectivity index (χ3v) is 8.09. The molecule has 0 atom stereocenters. The van der Waals surface area contributed by atoms with E-state index in [-0.39, 0.29) is 17.9 Å². The van der Waals surface area contributed by atoms with E-state index in [4.69, 9.17) is 4.74 Å². The van der Waals surface area contributed by atoms with Crippen LogP contribution >= 0.6 is 22.9 Å². The second-order valence-corrected chi connectivity index (χ2v) is 11.5. The number of fused-ring (bicyclic) bond motifs is 1. The Morgan fingerprint density at radius 2 is 1.82 bits per heavy atom. The van der Waals surface area contributed by atoms with Crippen LogP contribution in [0.3, 0.4) is 0 Å². The molecule has 5 rings (SSSR count). The van der Waals surface area contributed by atoms with Gasteiger partial charge >= 0.3 is 0 Å². The summed E-state index contributed by atoms with van der Waals surface area (Å²) in [5.74, 6) is 0.981. The summed E-state index contributed by atoms with van der Waals surface area (Å²) in [6, 6.07) is 18.7. The summed E-state index contributed by atoms with van der Waals surface area (Å²) >= 11 is 2.84. The predicted octanol–water partition coefficient (Wildman–Crippen LogP) is 4.34. The number of nitrogens with one attached hydrogen (secondary N) is 1. The van der Waals surface area contributed by atoms with Crippen LogP contribution < -0.4 is 15.6 Å². The van der Waals surface area contributed by atoms with Crippen molar-refractivity contribution in [1.82, 2.24) is 29.3 Å². The van der Waals surface area contributed by atoms with Crippen LogP contribution in [0.2, 0.25) is 0 Å². The fourth-order valence-electron chi connectivity index (χ4n) is 3.99. The minimum Gasteiger partial charge on any atom is -0.478 e. The van der Waals surface area contributed by atoms with Gasteiger partial charge in [0, 0.05) is 6.42 Å². The maximum atomic E-state index is 12.6. The molecule has 0 aliphatic rings. The van der Waals surface area contributed by atoms with Crippen molar-refractivity contribution >= 4 is 44.7 Å². The molecule has 0 saturated carbocycles. The molecule has 12 heteroatoms. The fraction of sp³-hybridized carbons (Fsp3) is 0.286. The van der Waals surface area contributed by atoms with Gasteiger partial charge in [0.05, 0.1) is 22.2 Å². The van der Waals surface area contributed by atoms with Gasteiger partial charge in [0.25, 0.3) is 5.56 Å². The number of hydrogen-bond donors (Lipinski definition) is 1. The number of amides is 1. The quantitative estimate of drug-likeness (QED) is 0.173. The number of hydrogen-bond acceptors (Lipinski definition) is 10. The Morgan fingerprint density at radius 1 is 0.975 bits per heavy atom. The summed E-state index contributed by atoms with van der Waals surface area (Å²) in [6.45, 7) is 0.469. The topological polar surface area (TPSA) is 115 Å². The fourth-order valence-corrected chi connectivity index (χ4v) is 5.88. The third kappa shape index (κ3) is 7.14. The van der Waals surface area contributed by atoms with Gasteiger partial charge in [0.1, 0.15) is 17.5 Å². The van der Waals surface area contributed by atoms with Crippen molar-refractivity contribution in [3.05, 3.63) is 87.3 Å². The first-order valence-corrected chi connectivity index (χ1v) is 14.5. The molecule has 40 heavy (non-hydrogen) atoms. The maximum absolute atomic E-state index is 12.6. The summed E-state index contributed by atoms with van der Waals surface area (Å²) in [7, 11) is 3.86. The van der Waals surface area contributed by atoms with Crippen LogP contribution in [0.1, 0.15) is 29.1 Å². The van der Waals surface area contributed by atoms with E-state index in [2.05, 4.69) is 25.7 Å². The van der Waals surface area contributed by atoms with Crippen LogP contribution in [0.25, 0.3) is 15.2 Å². The largest absolute Gasteiger partial charge is 0.478 e. The lowest BCUT2D eigenvalue weighted by atomic mass is 10.1. The zero-order chi connectivity index (χ0) is 27.9. The minimum absolute atomic E-state index is 0.0547. The molecule has 0 aliphatic carbocycles. The molecule has 3 aromatic heterocycles. The van der Waals surface area contributed by atoms with Crippen molar-refractivity contribution in [3.63, 3.8) is 0 Å². The van der Waals surface area contributed by atoms with E-state index < -0.39 is 0 Å². The molecule has 1 N–H and O–H groups in total. The summed E-state index contributed by atoms with van der Waals surface area (Å²) in [6.07, 6.45) is 3.58. The maximum Gasteiger partial charge on any atom is 0.275 e. The molecule has 0 bridgehead atoms. The van der Waals surface area contributed by atoms with Crippen LogP contribution in [-0.2, 0) is 24.1 Å². The number of rotatable bonds is 12. The number of aromatic nitrogens is 5. The number of carbonyl (C=O) groups excluding carboxylic acids is 1. The Bertz CT molecular complexity index is 1640. The summed E-state index contributed by atoms with van der Waals surface area (Å²) in [5.41, 5.74) is 1.66. The van der Waals surface area contributed by atoms with E-state index in [1.807, 2.05) is 73.6 Å². The lowest BCUT2D eigenvalue weighted by Gasteiger charge is -2.12. The number of unbranched alkanes of at least 4 members (excludes halogenated alkanes) is 1. The first-order chi connectivity index (χ1) is 19.4. The SMILES string of the molecule is CN(C)COc1cccc(CC(=O)Nc2ccc(CCCCc3nnc(-n4sc5ccccc5c4=O)s3)nn2)c1. The predicted molar refractivity (Wildman–Crippen MR) is 158 cm³/mol. The number of anilines is 1. The zero-order valence-electron chi connectivity index (χ0n) is 22.2. The molecular weight excluding hydrogens is 546 g/mol. The van der Waals surface area contributed by atoms with Crippen molar-refractivity contribution in [2.24, 2.45) is 0 Å². The highest BCUT2D eigenvalue weighted by Crippen LogP contribution is 2.23. The highest BCUT2D eigenvalue weighted by molar-refractivity contribution is 7.18. The van der Waals surface area contributed by atoms with Gasteiger partial charge in [0.2, 0.25) is 11.0 Å². The first kappa shape index (κ1) is 27.6. The number of aryl methyl sites for hydroxylation is 2. The molecule has 0 spiro atoms. The molecule has 5 aromatic rings. The highest BCUT2D eigenvalue weighted by atomic mass is 32.1. The van der Waals surface area contributed by atoms with E-state index in [1.165, 1.54) is 22.9 Å². The molecule has 10 nitrogen and oxygen atoms in total. The Kier molecular flexibility index (Phi) is 8.89. The lowest BCUT2D eigenvalue weighted by molar-refractivity contribution is -0.115. The molecule has 0 aliphatic heterocycles. The van der Waals surface area contributed by atoms with Gasteiger partial charge in [-0.3, -0.25) is 14.5 Å². The van der Waals surface area contributed by atoms with Crippen LogP contribution in [0, 0.1) is 0 Å². The van der Waals surface area contributed by atoms with Crippen LogP contribution in [0.15, 0.2) is 65.5 Å². The molecule has 3 heterocycles. The van der Waals surface area contributed by atoms with Crippen molar-refractivity contribution in [2.75, 3.05) is 26.1 Å². The Balaban J connectivity index is 1.06. The Labute approximate surface area is 239 Å². The van der Waals surface area contributed by atoms with Gasteiger partial charge in [-0.25, -0.2) is 3.96 Å². The average molecular weight is 576 g/mol. The van der Waals surface area contributed by atoms with E-state index >= 15 is 0 Å². The Hall–Kier alpha value is -4.00. The zero-order valence-corrected chi connectivity index (χ0v) is 23.9. The van der Waals surface area contributed by atoms with E-state index in [0.717, 1.165) is 52.4 Å².